The predicted octanol–water partition coefficient (Wildman–Crippen LogP) is 4.02. The molecule has 0 amide bonds. The zero-order valence-corrected chi connectivity index (χ0v) is 11.7. The van der Waals surface area contributed by atoms with E-state index in [1.165, 1.54) is 6.07 Å². The standard InChI is InChI=1S/C11H10FIN2S/c1-6(2)5-15-10-3-7(12)8(13)4-9(10)14-11(15)16/h3-4H,1,5H2,2H3,(H,14,16). The van der Waals surface area contributed by atoms with Gasteiger partial charge in [-0.1, -0.05) is 12.2 Å². The molecule has 1 N–H and O–H groups in total. The summed E-state index contributed by atoms with van der Waals surface area (Å²) in [7, 11) is 0. The highest BCUT2D eigenvalue weighted by Crippen LogP contribution is 2.21. The normalized spacial score (nSPS) is 10.9. The molecule has 0 unspecified atom stereocenters. The van der Waals surface area contributed by atoms with Gasteiger partial charge in [-0.25, -0.2) is 4.39 Å². The summed E-state index contributed by atoms with van der Waals surface area (Å²) in [5.41, 5.74) is 2.62. The number of benzene rings is 1. The van der Waals surface area contributed by atoms with Gasteiger partial charge in [0.2, 0.25) is 0 Å². The van der Waals surface area contributed by atoms with Crippen molar-refractivity contribution >= 4 is 45.8 Å². The largest absolute Gasteiger partial charge is 0.331 e. The summed E-state index contributed by atoms with van der Waals surface area (Å²) >= 11 is 7.16. The van der Waals surface area contributed by atoms with E-state index in [2.05, 4.69) is 11.6 Å². The summed E-state index contributed by atoms with van der Waals surface area (Å²) in [6.45, 7) is 6.37. The first-order chi connectivity index (χ1) is 7.49. The molecule has 2 nitrogen and oxygen atoms in total. The lowest BCUT2D eigenvalue weighted by molar-refractivity contribution is 0.621. The van der Waals surface area contributed by atoms with E-state index in [4.69, 9.17) is 12.2 Å². The fraction of sp³-hybridized carbons (Fsp3) is 0.182. The van der Waals surface area contributed by atoms with Crippen LogP contribution in [0.2, 0.25) is 0 Å². The highest BCUT2D eigenvalue weighted by molar-refractivity contribution is 14.1. The minimum absolute atomic E-state index is 0.224. The molecule has 0 aliphatic carbocycles. The molecule has 0 fully saturated rings. The average molecular weight is 348 g/mol. The van der Waals surface area contributed by atoms with E-state index in [-0.39, 0.29) is 5.82 Å². The molecule has 0 saturated heterocycles. The fourth-order valence-electron chi connectivity index (χ4n) is 1.58. The van der Waals surface area contributed by atoms with Crippen LogP contribution in [0.4, 0.5) is 4.39 Å². The molecule has 84 valence electrons. The van der Waals surface area contributed by atoms with Crippen molar-refractivity contribution in [3.63, 3.8) is 0 Å². The number of hydrogen-bond donors (Lipinski definition) is 1. The van der Waals surface area contributed by atoms with E-state index >= 15 is 0 Å². The molecule has 2 rings (SSSR count). The summed E-state index contributed by atoms with van der Waals surface area (Å²) in [6, 6.07) is 3.27. The lowest BCUT2D eigenvalue weighted by atomic mass is 10.3. The number of H-pyrrole nitrogens is 1. The Hall–Kier alpha value is -0.690. The topological polar surface area (TPSA) is 20.7 Å². The average Bonchev–Trinajstić information content (AvgIpc) is 2.45. The first-order valence-electron chi connectivity index (χ1n) is 4.71. The Morgan fingerprint density at radius 3 is 2.94 bits per heavy atom. The number of imidazole rings is 1. The molecule has 0 saturated carbocycles. The second-order valence-electron chi connectivity index (χ2n) is 3.76. The van der Waals surface area contributed by atoms with Crippen molar-refractivity contribution in [1.82, 2.24) is 9.55 Å². The maximum atomic E-state index is 13.5. The molecule has 1 aromatic heterocycles. The van der Waals surface area contributed by atoms with Crippen molar-refractivity contribution in [3.8, 4) is 0 Å². The summed E-state index contributed by atoms with van der Waals surface area (Å²) in [5, 5.41) is 0. The zero-order chi connectivity index (χ0) is 11.9. The van der Waals surface area contributed by atoms with Crippen LogP contribution in [-0.4, -0.2) is 9.55 Å². The van der Waals surface area contributed by atoms with E-state index in [1.807, 2.05) is 34.1 Å². The van der Waals surface area contributed by atoms with Crippen molar-refractivity contribution in [1.29, 1.82) is 0 Å². The molecule has 0 radical (unpaired) electrons. The van der Waals surface area contributed by atoms with E-state index in [9.17, 15) is 4.39 Å². The van der Waals surface area contributed by atoms with Crippen LogP contribution in [0.15, 0.2) is 24.3 Å². The number of aromatic nitrogens is 2. The Morgan fingerprint density at radius 1 is 1.62 bits per heavy atom. The van der Waals surface area contributed by atoms with Crippen molar-refractivity contribution in [2.45, 2.75) is 13.5 Å². The van der Waals surface area contributed by atoms with Gasteiger partial charge in [0.05, 0.1) is 14.6 Å². The Morgan fingerprint density at radius 2 is 2.31 bits per heavy atom. The number of halogens is 2. The summed E-state index contributed by atoms with van der Waals surface area (Å²) in [4.78, 5) is 3.07. The molecule has 0 atom stereocenters. The van der Waals surface area contributed by atoms with Gasteiger partial charge >= 0.3 is 0 Å². The minimum atomic E-state index is -0.224. The summed E-state index contributed by atoms with van der Waals surface area (Å²) < 4.78 is 16.5. The minimum Gasteiger partial charge on any atom is -0.331 e. The van der Waals surface area contributed by atoms with Crippen LogP contribution in [0.25, 0.3) is 11.0 Å². The van der Waals surface area contributed by atoms with E-state index in [0.29, 0.717) is 14.9 Å². The number of rotatable bonds is 2. The second-order valence-corrected chi connectivity index (χ2v) is 5.31. The SMILES string of the molecule is C=C(C)Cn1c(=S)[nH]c2cc(I)c(F)cc21. The van der Waals surface area contributed by atoms with Crippen molar-refractivity contribution in [2.24, 2.45) is 0 Å². The highest BCUT2D eigenvalue weighted by atomic mass is 127. The zero-order valence-electron chi connectivity index (χ0n) is 8.68. The smallest absolute Gasteiger partial charge is 0.178 e. The molecule has 16 heavy (non-hydrogen) atoms. The van der Waals surface area contributed by atoms with Gasteiger partial charge in [0, 0.05) is 12.6 Å². The molecule has 0 bridgehead atoms. The lowest BCUT2D eigenvalue weighted by Crippen LogP contribution is -1.98. The quantitative estimate of drug-likeness (QED) is 0.494. The second kappa shape index (κ2) is 4.29. The predicted molar refractivity (Wildman–Crippen MR) is 74.6 cm³/mol. The summed E-state index contributed by atoms with van der Waals surface area (Å²) in [6.07, 6.45) is 0. The van der Waals surface area contributed by atoms with Crippen LogP contribution in [0, 0.1) is 14.2 Å². The molecule has 1 heterocycles. The Labute approximate surface area is 111 Å². The van der Waals surface area contributed by atoms with Gasteiger partial charge in [-0.2, -0.15) is 0 Å². The number of nitrogens with one attached hydrogen (secondary N) is 1. The van der Waals surface area contributed by atoms with Crippen LogP contribution >= 0.6 is 34.8 Å². The first kappa shape index (κ1) is 11.8. The molecular weight excluding hydrogens is 338 g/mol. The molecule has 5 heteroatoms. The molecule has 0 aliphatic rings. The van der Waals surface area contributed by atoms with Gasteiger partial charge in [-0.3, -0.25) is 0 Å². The van der Waals surface area contributed by atoms with Gasteiger partial charge in [0.25, 0.3) is 0 Å². The number of nitrogens with zero attached hydrogens (tertiary/aromatic N) is 1. The van der Waals surface area contributed by atoms with Crippen LogP contribution < -0.4 is 0 Å². The molecule has 0 aliphatic heterocycles. The Kier molecular flexibility index (Phi) is 3.16. The molecule has 1 aromatic carbocycles. The summed E-state index contributed by atoms with van der Waals surface area (Å²) in [5.74, 6) is -0.224. The number of fused-ring (bicyclic) bond motifs is 1. The van der Waals surface area contributed by atoms with Crippen molar-refractivity contribution in [2.75, 3.05) is 0 Å². The third kappa shape index (κ3) is 2.06. The maximum Gasteiger partial charge on any atom is 0.178 e. The van der Waals surface area contributed by atoms with Gasteiger partial charge in [0.15, 0.2) is 4.77 Å². The number of aromatic amines is 1. The molecular formula is C11H10FIN2S. The third-order valence-corrected chi connectivity index (χ3v) is 3.39. The van der Waals surface area contributed by atoms with E-state index in [0.717, 1.165) is 16.6 Å². The number of allylic oxidation sites excluding steroid dienone is 1. The fourth-order valence-corrected chi connectivity index (χ4v) is 2.32. The first-order valence-corrected chi connectivity index (χ1v) is 6.19. The maximum absolute atomic E-state index is 13.5. The Bertz CT molecular complexity index is 627. The van der Waals surface area contributed by atoms with Crippen LogP contribution in [0.3, 0.4) is 0 Å². The van der Waals surface area contributed by atoms with Crippen LogP contribution in [0.1, 0.15) is 6.92 Å². The van der Waals surface area contributed by atoms with Gasteiger partial charge in [0.1, 0.15) is 5.82 Å². The monoisotopic (exact) mass is 348 g/mol. The van der Waals surface area contributed by atoms with Gasteiger partial charge in [-0.05, 0) is 47.8 Å². The van der Waals surface area contributed by atoms with Crippen LogP contribution in [0.5, 0.6) is 0 Å². The lowest BCUT2D eigenvalue weighted by Gasteiger charge is -2.03. The van der Waals surface area contributed by atoms with E-state index in [1.54, 1.807) is 6.07 Å². The molecule has 2 aromatic rings. The van der Waals surface area contributed by atoms with Crippen molar-refractivity contribution < 1.29 is 4.39 Å². The number of hydrogen-bond acceptors (Lipinski definition) is 1. The highest BCUT2D eigenvalue weighted by Gasteiger charge is 2.08. The van der Waals surface area contributed by atoms with Crippen molar-refractivity contribution in [3.05, 3.63) is 38.4 Å². The van der Waals surface area contributed by atoms with E-state index < -0.39 is 0 Å². The molecule has 0 spiro atoms. The van der Waals surface area contributed by atoms with Gasteiger partial charge in [-0.15, -0.1) is 0 Å². The third-order valence-electron chi connectivity index (χ3n) is 2.24. The van der Waals surface area contributed by atoms with Crippen LogP contribution in [-0.2, 0) is 6.54 Å². The van der Waals surface area contributed by atoms with Gasteiger partial charge < -0.3 is 9.55 Å². The Balaban J connectivity index is 2.74.